The van der Waals surface area contributed by atoms with Crippen LogP contribution in [0.15, 0.2) is 47.4 Å². The van der Waals surface area contributed by atoms with E-state index < -0.39 is 20.9 Å². The quantitative estimate of drug-likeness (QED) is 0.648. The smallest absolute Gasteiger partial charge is 0.273 e. The van der Waals surface area contributed by atoms with E-state index in [1.54, 1.807) is 6.92 Å². The molecular weight excluding hydrogens is 346 g/mol. The predicted molar refractivity (Wildman–Crippen MR) is 93.1 cm³/mol. The molecular formula is C16H17N3O5S. The van der Waals surface area contributed by atoms with Crippen LogP contribution in [0.5, 0.6) is 0 Å². The van der Waals surface area contributed by atoms with E-state index in [-0.39, 0.29) is 21.8 Å². The van der Waals surface area contributed by atoms with Crippen LogP contribution >= 0.6 is 0 Å². The minimum atomic E-state index is -3.63. The maximum Gasteiger partial charge on any atom is 0.273 e. The van der Waals surface area contributed by atoms with Gasteiger partial charge in [0.15, 0.2) is 0 Å². The highest BCUT2D eigenvalue weighted by atomic mass is 32.2. The molecule has 9 heteroatoms. The molecule has 0 fully saturated rings. The fraction of sp³-hybridized carbons (Fsp3) is 0.188. The summed E-state index contributed by atoms with van der Waals surface area (Å²) in [5, 5.41) is 13.5. The van der Waals surface area contributed by atoms with Gasteiger partial charge in [0.25, 0.3) is 11.6 Å². The maximum atomic E-state index is 12.3. The molecule has 0 heterocycles. The molecule has 0 aliphatic carbocycles. The van der Waals surface area contributed by atoms with Gasteiger partial charge < -0.3 is 5.32 Å². The topological polar surface area (TPSA) is 110 Å². The van der Waals surface area contributed by atoms with Gasteiger partial charge in [-0.15, -0.1) is 0 Å². The lowest BCUT2D eigenvalue weighted by molar-refractivity contribution is -0.385. The van der Waals surface area contributed by atoms with Gasteiger partial charge >= 0.3 is 0 Å². The zero-order valence-corrected chi connectivity index (χ0v) is 14.7. The van der Waals surface area contributed by atoms with Crippen LogP contribution in [0.2, 0.25) is 0 Å². The number of nitrogens with one attached hydrogen (secondary N) is 1. The first-order valence-corrected chi connectivity index (χ1v) is 8.66. The first kappa shape index (κ1) is 18.6. The minimum Gasteiger partial charge on any atom is -0.322 e. The zero-order chi connectivity index (χ0) is 18.8. The second-order valence-corrected chi connectivity index (χ2v) is 7.68. The molecule has 0 aromatic heterocycles. The van der Waals surface area contributed by atoms with Crippen LogP contribution in [0.4, 0.5) is 11.4 Å². The van der Waals surface area contributed by atoms with Crippen molar-refractivity contribution in [3.8, 4) is 0 Å². The molecule has 0 saturated carbocycles. The highest BCUT2D eigenvalue weighted by Crippen LogP contribution is 2.21. The van der Waals surface area contributed by atoms with Crippen LogP contribution < -0.4 is 5.32 Å². The zero-order valence-electron chi connectivity index (χ0n) is 13.9. The standard InChI is InChI=1S/C16H17N3O5S/c1-11-7-8-12(9-15(11)19(21)22)16(20)17-13-5-4-6-14(10-13)25(23,24)18(2)3/h4-10H,1-3H3,(H,17,20). The number of sulfonamides is 1. The molecule has 0 aliphatic heterocycles. The summed E-state index contributed by atoms with van der Waals surface area (Å²) in [6.07, 6.45) is 0. The number of hydrogen-bond donors (Lipinski definition) is 1. The number of anilines is 1. The highest BCUT2D eigenvalue weighted by Gasteiger charge is 2.19. The summed E-state index contributed by atoms with van der Waals surface area (Å²) in [7, 11) is -0.813. The molecule has 2 rings (SSSR count). The molecule has 0 bridgehead atoms. The van der Waals surface area contributed by atoms with E-state index in [0.29, 0.717) is 5.56 Å². The number of hydrogen-bond acceptors (Lipinski definition) is 5. The van der Waals surface area contributed by atoms with Crippen molar-refractivity contribution < 1.29 is 18.1 Å². The molecule has 0 atom stereocenters. The van der Waals surface area contributed by atoms with Gasteiger partial charge in [0.2, 0.25) is 10.0 Å². The number of nitro groups is 1. The van der Waals surface area contributed by atoms with Gasteiger partial charge in [0.1, 0.15) is 0 Å². The van der Waals surface area contributed by atoms with Gasteiger partial charge in [-0.3, -0.25) is 14.9 Å². The minimum absolute atomic E-state index is 0.0326. The lowest BCUT2D eigenvalue weighted by Crippen LogP contribution is -2.22. The van der Waals surface area contributed by atoms with E-state index in [1.165, 1.54) is 56.6 Å². The monoisotopic (exact) mass is 363 g/mol. The van der Waals surface area contributed by atoms with Gasteiger partial charge in [0.05, 0.1) is 9.82 Å². The van der Waals surface area contributed by atoms with Crippen LogP contribution in [-0.4, -0.2) is 37.6 Å². The molecule has 1 amide bonds. The second-order valence-electron chi connectivity index (χ2n) is 5.53. The summed E-state index contributed by atoms with van der Waals surface area (Å²) in [6.45, 7) is 1.58. The van der Waals surface area contributed by atoms with Gasteiger partial charge in [0, 0.05) is 37.0 Å². The van der Waals surface area contributed by atoms with Crippen LogP contribution in [0.3, 0.4) is 0 Å². The number of aryl methyl sites for hydroxylation is 1. The number of carbonyl (C=O) groups excluding carboxylic acids is 1. The number of carbonyl (C=O) groups is 1. The SMILES string of the molecule is Cc1ccc(C(=O)Nc2cccc(S(=O)(=O)N(C)C)c2)cc1[N+](=O)[O-]. The number of benzene rings is 2. The molecule has 0 aliphatic rings. The molecule has 2 aromatic rings. The Morgan fingerprint density at radius 1 is 1.16 bits per heavy atom. The van der Waals surface area contributed by atoms with E-state index in [0.717, 1.165) is 4.31 Å². The van der Waals surface area contributed by atoms with Gasteiger partial charge in [-0.05, 0) is 31.2 Å². The van der Waals surface area contributed by atoms with E-state index in [9.17, 15) is 23.3 Å². The van der Waals surface area contributed by atoms with Crippen molar-refractivity contribution in [1.29, 1.82) is 0 Å². The van der Waals surface area contributed by atoms with Gasteiger partial charge in [-0.1, -0.05) is 12.1 Å². The summed E-state index contributed by atoms with van der Waals surface area (Å²) < 4.78 is 25.3. The predicted octanol–water partition coefficient (Wildman–Crippen LogP) is 2.41. The summed E-state index contributed by atoms with van der Waals surface area (Å²) in [4.78, 5) is 22.8. The van der Waals surface area contributed by atoms with Crippen molar-refractivity contribution in [1.82, 2.24) is 4.31 Å². The third-order valence-electron chi connectivity index (χ3n) is 3.54. The van der Waals surface area contributed by atoms with Crippen molar-refractivity contribution in [3.63, 3.8) is 0 Å². The van der Waals surface area contributed by atoms with E-state index in [1.807, 2.05) is 0 Å². The van der Waals surface area contributed by atoms with Crippen molar-refractivity contribution >= 4 is 27.3 Å². The summed E-state index contributed by atoms with van der Waals surface area (Å²) in [5.74, 6) is -0.567. The maximum absolute atomic E-state index is 12.3. The van der Waals surface area contributed by atoms with E-state index in [2.05, 4.69) is 5.32 Å². The molecule has 0 saturated heterocycles. The van der Waals surface area contributed by atoms with Crippen molar-refractivity contribution in [3.05, 3.63) is 63.7 Å². The van der Waals surface area contributed by atoms with Crippen LogP contribution in [-0.2, 0) is 10.0 Å². The number of nitro benzene ring substituents is 1. The van der Waals surface area contributed by atoms with E-state index in [4.69, 9.17) is 0 Å². The Kier molecular flexibility index (Phi) is 5.19. The fourth-order valence-electron chi connectivity index (χ4n) is 2.10. The first-order valence-electron chi connectivity index (χ1n) is 7.22. The van der Waals surface area contributed by atoms with Crippen molar-refractivity contribution in [2.45, 2.75) is 11.8 Å². The summed E-state index contributed by atoms with van der Waals surface area (Å²) in [6, 6.07) is 9.93. The molecule has 0 unspecified atom stereocenters. The third kappa shape index (κ3) is 4.01. The first-order chi connectivity index (χ1) is 11.6. The molecule has 2 aromatic carbocycles. The lowest BCUT2D eigenvalue weighted by atomic mass is 10.1. The Morgan fingerprint density at radius 3 is 2.44 bits per heavy atom. The van der Waals surface area contributed by atoms with Crippen molar-refractivity contribution in [2.24, 2.45) is 0 Å². The molecule has 0 spiro atoms. The molecule has 25 heavy (non-hydrogen) atoms. The normalized spacial score (nSPS) is 11.4. The summed E-state index contributed by atoms with van der Waals surface area (Å²) in [5.41, 5.74) is 0.673. The summed E-state index contributed by atoms with van der Waals surface area (Å²) >= 11 is 0. The van der Waals surface area contributed by atoms with Crippen LogP contribution in [0, 0.1) is 17.0 Å². The average Bonchev–Trinajstić information content (AvgIpc) is 2.55. The highest BCUT2D eigenvalue weighted by molar-refractivity contribution is 7.89. The third-order valence-corrected chi connectivity index (χ3v) is 5.35. The van der Waals surface area contributed by atoms with Gasteiger partial charge in [-0.25, -0.2) is 12.7 Å². The second kappa shape index (κ2) is 6.99. The molecule has 8 nitrogen and oxygen atoms in total. The Labute approximate surface area is 145 Å². The Hall–Kier alpha value is -2.78. The van der Waals surface area contributed by atoms with Crippen LogP contribution in [0.25, 0.3) is 0 Å². The molecule has 0 radical (unpaired) electrons. The van der Waals surface area contributed by atoms with E-state index >= 15 is 0 Å². The lowest BCUT2D eigenvalue weighted by Gasteiger charge is -2.12. The van der Waals surface area contributed by atoms with Gasteiger partial charge in [-0.2, -0.15) is 0 Å². The number of nitrogens with zero attached hydrogens (tertiary/aromatic N) is 2. The number of amides is 1. The Bertz CT molecular complexity index is 939. The Morgan fingerprint density at radius 2 is 1.84 bits per heavy atom. The molecule has 1 N–H and O–H groups in total. The Balaban J connectivity index is 2.30. The largest absolute Gasteiger partial charge is 0.322 e. The van der Waals surface area contributed by atoms with Crippen LogP contribution in [0.1, 0.15) is 15.9 Å². The van der Waals surface area contributed by atoms with Crippen molar-refractivity contribution in [2.75, 3.05) is 19.4 Å². The fourth-order valence-corrected chi connectivity index (χ4v) is 3.04. The molecule has 132 valence electrons. The average molecular weight is 363 g/mol. The number of rotatable bonds is 5.